The Labute approximate surface area is 87.7 Å². The minimum absolute atomic E-state index is 0.502. The van der Waals surface area contributed by atoms with Crippen molar-refractivity contribution in [3.63, 3.8) is 0 Å². The summed E-state index contributed by atoms with van der Waals surface area (Å²) in [6, 6.07) is 0. The van der Waals surface area contributed by atoms with Crippen LogP contribution in [0.5, 0.6) is 0 Å². The maximum absolute atomic E-state index is 5.64. The fourth-order valence-electron chi connectivity index (χ4n) is 2.04. The number of unbranched alkanes of at least 4 members (excludes halogenated alkanes) is 1. The number of hydrogen-bond donors (Lipinski definition) is 1. The highest BCUT2D eigenvalue weighted by Crippen LogP contribution is 2.22. The van der Waals surface area contributed by atoms with E-state index in [-0.39, 0.29) is 0 Å². The molecule has 1 rings (SSSR count). The molecule has 82 valence electrons. The molecule has 0 bridgehead atoms. The van der Waals surface area contributed by atoms with Crippen LogP contribution < -0.4 is 5.32 Å². The van der Waals surface area contributed by atoms with E-state index >= 15 is 0 Å². The van der Waals surface area contributed by atoms with Crippen LogP contribution in [0, 0.1) is 5.92 Å². The second-order valence-electron chi connectivity index (χ2n) is 4.00. The van der Waals surface area contributed by atoms with Crippen molar-refractivity contribution >= 4 is 0 Å². The average molecular weight is 197 g/mol. The summed E-state index contributed by atoms with van der Waals surface area (Å²) in [5.74, 6) is 0.740. The zero-order chi connectivity index (χ0) is 10.2. The zero-order valence-electron chi connectivity index (χ0n) is 9.30. The van der Waals surface area contributed by atoms with Crippen LogP contribution in [-0.2, 0) is 4.74 Å². The van der Waals surface area contributed by atoms with Gasteiger partial charge in [0.15, 0.2) is 0 Å². The van der Waals surface area contributed by atoms with Gasteiger partial charge in [-0.25, -0.2) is 0 Å². The summed E-state index contributed by atoms with van der Waals surface area (Å²) >= 11 is 0. The van der Waals surface area contributed by atoms with E-state index in [0.29, 0.717) is 6.10 Å². The third-order valence-corrected chi connectivity index (χ3v) is 2.92. The normalized spacial score (nSPS) is 26.6. The first-order valence-corrected chi connectivity index (χ1v) is 5.81. The average Bonchev–Trinajstić information content (AvgIpc) is 2.65. The monoisotopic (exact) mass is 197 g/mol. The highest BCUT2D eigenvalue weighted by Gasteiger charge is 2.25. The van der Waals surface area contributed by atoms with E-state index < -0.39 is 0 Å². The molecule has 1 heterocycles. The number of rotatable bonds is 7. The van der Waals surface area contributed by atoms with Crippen molar-refractivity contribution in [1.29, 1.82) is 0 Å². The van der Waals surface area contributed by atoms with Crippen LogP contribution in [0.1, 0.15) is 32.6 Å². The zero-order valence-corrected chi connectivity index (χ0v) is 9.30. The minimum Gasteiger partial charge on any atom is -0.378 e. The quantitative estimate of drug-likeness (QED) is 0.500. The predicted molar refractivity (Wildman–Crippen MR) is 60.4 cm³/mol. The molecule has 0 aromatic heterocycles. The maximum atomic E-state index is 5.64. The topological polar surface area (TPSA) is 21.3 Å². The summed E-state index contributed by atoms with van der Waals surface area (Å²) in [4.78, 5) is 0. The molecule has 2 heteroatoms. The molecule has 2 nitrogen and oxygen atoms in total. The highest BCUT2D eigenvalue weighted by atomic mass is 16.5. The first-order valence-electron chi connectivity index (χ1n) is 5.81. The van der Waals surface area contributed by atoms with Crippen molar-refractivity contribution in [2.24, 2.45) is 5.92 Å². The van der Waals surface area contributed by atoms with Crippen LogP contribution in [0.3, 0.4) is 0 Å². The molecule has 1 aliphatic heterocycles. The summed E-state index contributed by atoms with van der Waals surface area (Å²) < 4.78 is 5.64. The highest BCUT2D eigenvalue weighted by molar-refractivity contribution is 4.77. The van der Waals surface area contributed by atoms with Gasteiger partial charge in [0.25, 0.3) is 0 Å². The lowest BCUT2D eigenvalue weighted by molar-refractivity contribution is 0.0873. The lowest BCUT2D eigenvalue weighted by Crippen LogP contribution is -2.28. The first-order chi connectivity index (χ1) is 6.88. The van der Waals surface area contributed by atoms with Gasteiger partial charge in [-0.3, -0.25) is 0 Å². The van der Waals surface area contributed by atoms with E-state index in [2.05, 4.69) is 18.8 Å². The molecule has 2 unspecified atom stereocenters. The van der Waals surface area contributed by atoms with Crippen LogP contribution in [0.15, 0.2) is 12.7 Å². The molecule has 0 amide bonds. The molecule has 1 aliphatic rings. The molecule has 1 fully saturated rings. The van der Waals surface area contributed by atoms with Crippen molar-refractivity contribution < 1.29 is 4.74 Å². The molecule has 0 saturated carbocycles. The molecule has 1 saturated heterocycles. The van der Waals surface area contributed by atoms with E-state index in [0.717, 1.165) is 38.5 Å². The number of hydrogen-bond acceptors (Lipinski definition) is 2. The summed E-state index contributed by atoms with van der Waals surface area (Å²) in [6.45, 7) is 9.11. The van der Waals surface area contributed by atoms with Gasteiger partial charge in [-0.2, -0.15) is 0 Å². The minimum atomic E-state index is 0.502. The first kappa shape index (κ1) is 11.7. The SMILES string of the molecule is C=CCCCNCC1CCOC1CC. The third kappa shape index (κ3) is 3.81. The van der Waals surface area contributed by atoms with E-state index in [1.54, 1.807) is 0 Å². The molecule has 0 aliphatic carbocycles. The van der Waals surface area contributed by atoms with E-state index in [4.69, 9.17) is 4.74 Å². The Hall–Kier alpha value is -0.340. The molecule has 0 aromatic rings. The Bertz CT molecular complexity index is 158. The molecule has 0 radical (unpaired) electrons. The van der Waals surface area contributed by atoms with Crippen molar-refractivity contribution in [3.05, 3.63) is 12.7 Å². The molecule has 2 atom stereocenters. The Kier molecular flexibility index (Phi) is 5.88. The second kappa shape index (κ2) is 7.02. The van der Waals surface area contributed by atoms with Crippen molar-refractivity contribution in [2.75, 3.05) is 19.7 Å². The summed E-state index contributed by atoms with van der Waals surface area (Å²) in [5.41, 5.74) is 0. The van der Waals surface area contributed by atoms with Crippen LogP contribution in [0.25, 0.3) is 0 Å². The molecule has 0 aromatic carbocycles. The van der Waals surface area contributed by atoms with Crippen LogP contribution >= 0.6 is 0 Å². The maximum Gasteiger partial charge on any atom is 0.0613 e. The van der Waals surface area contributed by atoms with Gasteiger partial charge in [-0.05, 0) is 38.1 Å². The van der Waals surface area contributed by atoms with E-state index in [9.17, 15) is 0 Å². The second-order valence-corrected chi connectivity index (χ2v) is 4.00. The lowest BCUT2D eigenvalue weighted by atomic mass is 10.00. The molecule has 0 spiro atoms. The fourth-order valence-corrected chi connectivity index (χ4v) is 2.04. The predicted octanol–water partition coefficient (Wildman–Crippen LogP) is 2.36. The summed E-state index contributed by atoms with van der Waals surface area (Å²) in [6.07, 6.45) is 7.18. The Morgan fingerprint density at radius 2 is 2.43 bits per heavy atom. The smallest absolute Gasteiger partial charge is 0.0613 e. The van der Waals surface area contributed by atoms with Crippen LogP contribution in [0.4, 0.5) is 0 Å². The Balaban J connectivity index is 2.02. The van der Waals surface area contributed by atoms with Gasteiger partial charge in [0.2, 0.25) is 0 Å². The van der Waals surface area contributed by atoms with Crippen LogP contribution in [-0.4, -0.2) is 25.8 Å². The standard InChI is InChI=1S/C12H23NO/c1-3-5-6-8-13-10-11-7-9-14-12(11)4-2/h3,11-13H,1,4-10H2,2H3. The van der Waals surface area contributed by atoms with Gasteiger partial charge in [-0.15, -0.1) is 6.58 Å². The van der Waals surface area contributed by atoms with Gasteiger partial charge in [0, 0.05) is 13.2 Å². The largest absolute Gasteiger partial charge is 0.378 e. The van der Waals surface area contributed by atoms with Gasteiger partial charge in [0.1, 0.15) is 0 Å². The molecular formula is C12H23NO. The number of allylic oxidation sites excluding steroid dienone is 1. The van der Waals surface area contributed by atoms with Crippen molar-refractivity contribution in [2.45, 2.75) is 38.7 Å². The van der Waals surface area contributed by atoms with E-state index in [1.165, 1.54) is 12.8 Å². The third-order valence-electron chi connectivity index (χ3n) is 2.92. The van der Waals surface area contributed by atoms with Crippen molar-refractivity contribution in [1.82, 2.24) is 5.32 Å². The van der Waals surface area contributed by atoms with Crippen molar-refractivity contribution in [3.8, 4) is 0 Å². The number of nitrogens with one attached hydrogen (secondary N) is 1. The van der Waals surface area contributed by atoms with E-state index in [1.807, 2.05) is 6.08 Å². The summed E-state index contributed by atoms with van der Waals surface area (Å²) in [7, 11) is 0. The van der Waals surface area contributed by atoms with Gasteiger partial charge >= 0.3 is 0 Å². The van der Waals surface area contributed by atoms with Gasteiger partial charge in [0.05, 0.1) is 6.10 Å². The Morgan fingerprint density at radius 3 is 3.14 bits per heavy atom. The van der Waals surface area contributed by atoms with Crippen LogP contribution in [0.2, 0.25) is 0 Å². The van der Waals surface area contributed by atoms with Gasteiger partial charge < -0.3 is 10.1 Å². The number of ether oxygens (including phenoxy) is 1. The van der Waals surface area contributed by atoms with Gasteiger partial charge in [-0.1, -0.05) is 13.0 Å². The molecule has 1 N–H and O–H groups in total. The Morgan fingerprint density at radius 1 is 1.57 bits per heavy atom. The summed E-state index contributed by atoms with van der Waals surface area (Å²) in [5, 5.41) is 3.50. The molecule has 14 heavy (non-hydrogen) atoms. The molecular weight excluding hydrogens is 174 g/mol. The fraction of sp³-hybridized carbons (Fsp3) is 0.833. The lowest BCUT2D eigenvalue weighted by Gasteiger charge is -2.17.